The first-order valence-corrected chi connectivity index (χ1v) is 11.3. The summed E-state index contributed by atoms with van der Waals surface area (Å²) in [6.07, 6.45) is 1.39. The van der Waals surface area contributed by atoms with Gasteiger partial charge < -0.3 is 8.92 Å². The van der Waals surface area contributed by atoms with Crippen LogP contribution in [0.15, 0.2) is 76.7 Å². The molecule has 0 atom stereocenters. The monoisotopic (exact) mass is 472 g/mol. The van der Waals surface area contributed by atoms with Crippen molar-refractivity contribution >= 4 is 33.8 Å². The van der Waals surface area contributed by atoms with Crippen molar-refractivity contribution in [3.05, 3.63) is 88.4 Å². The molecular formula is C23H21ClN2O5S. The molecule has 3 rings (SSSR count). The predicted octanol–water partition coefficient (Wildman–Crippen LogP) is 4.12. The number of methoxy groups -OCH3 is 1. The number of hydrogen-bond donors (Lipinski definition) is 1. The highest BCUT2D eigenvalue weighted by molar-refractivity contribution is 7.87. The molecule has 3 aromatic carbocycles. The summed E-state index contributed by atoms with van der Waals surface area (Å²) in [6.45, 7) is 1.85. The van der Waals surface area contributed by atoms with Gasteiger partial charge in [-0.05, 0) is 48.9 Å². The highest BCUT2D eigenvalue weighted by Crippen LogP contribution is 2.26. The number of rotatable bonds is 8. The second-order valence-corrected chi connectivity index (χ2v) is 8.84. The molecule has 0 aromatic heterocycles. The maximum absolute atomic E-state index is 12.6. The molecule has 166 valence electrons. The van der Waals surface area contributed by atoms with Crippen molar-refractivity contribution in [3.8, 4) is 11.5 Å². The molecule has 0 aliphatic heterocycles. The summed E-state index contributed by atoms with van der Waals surface area (Å²) in [4.78, 5) is 12.2. The van der Waals surface area contributed by atoms with Gasteiger partial charge in [-0.25, -0.2) is 5.43 Å². The number of hydrogen-bond acceptors (Lipinski definition) is 6. The molecule has 0 saturated heterocycles. The van der Waals surface area contributed by atoms with E-state index < -0.39 is 10.1 Å². The van der Waals surface area contributed by atoms with Crippen molar-refractivity contribution in [1.29, 1.82) is 0 Å². The van der Waals surface area contributed by atoms with Crippen molar-refractivity contribution in [2.24, 2.45) is 5.10 Å². The Hall–Kier alpha value is -3.36. The lowest BCUT2D eigenvalue weighted by atomic mass is 10.1. The summed E-state index contributed by atoms with van der Waals surface area (Å²) in [5, 5.41) is 4.20. The van der Waals surface area contributed by atoms with Crippen LogP contribution >= 0.6 is 11.6 Å². The van der Waals surface area contributed by atoms with E-state index in [9.17, 15) is 13.2 Å². The van der Waals surface area contributed by atoms with E-state index >= 15 is 0 Å². The van der Waals surface area contributed by atoms with Gasteiger partial charge in [0.05, 0.1) is 19.7 Å². The van der Waals surface area contributed by atoms with Crippen LogP contribution in [0.25, 0.3) is 0 Å². The average Bonchev–Trinajstić information content (AvgIpc) is 2.75. The second-order valence-electron chi connectivity index (χ2n) is 6.85. The summed E-state index contributed by atoms with van der Waals surface area (Å²) < 4.78 is 35.7. The quantitative estimate of drug-likeness (QED) is 0.302. The lowest BCUT2D eigenvalue weighted by Crippen LogP contribution is -2.20. The summed E-state index contributed by atoms with van der Waals surface area (Å²) in [6, 6.07) is 17.9. The van der Waals surface area contributed by atoms with Gasteiger partial charge >= 0.3 is 10.1 Å². The fourth-order valence-corrected chi connectivity index (χ4v) is 3.85. The van der Waals surface area contributed by atoms with Crippen molar-refractivity contribution < 1.29 is 22.1 Å². The van der Waals surface area contributed by atoms with E-state index in [-0.39, 0.29) is 23.0 Å². The third kappa shape index (κ3) is 6.32. The minimum atomic E-state index is -4.08. The SMILES string of the molecule is COc1cccc(CC(=O)NN=Cc2ccc(Cl)cc2OS(=O)(=O)c2ccc(C)cc2)c1. The molecule has 32 heavy (non-hydrogen) atoms. The standard InChI is InChI=1S/C23H21ClN2O5S/c1-16-6-10-21(11-7-16)32(28,29)31-22-14-19(24)9-8-18(22)15-25-26-23(27)13-17-4-3-5-20(12-17)30-2/h3-12,14-15H,13H2,1-2H3,(H,26,27). The first-order chi connectivity index (χ1) is 15.3. The van der Waals surface area contributed by atoms with Crippen LogP contribution in [0.3, 0.4) is 0 Å². The molecule has 0 saturated carbocycles. The number of ether oxygens (including phenoxy) is 1. The molecule has 0 aliphatic rings. The number of halogens is 1. The van der Waals surface area contributed by atoms with E-state index in [1.54, 1.807) is 55.6 Å². The molecule has 7 nitrogen and oxygen atoms in total. The molecule has 0 heterocycles. The summed E-state index contributed by atoms with van der Waals surface area (Å²) in [7, 11) is -2.53. The molecule has 0 radical (unpaired) electrons. The minimum absolute atomic E-state index is 0.0103. The number of nitrogens with zero attached hydrogens (tertiary/aromatic N) is 1. The first-order valence-electron chi connectivity index (χ1n) is 9.52. The van der Waals surface area contributed by atoms with E-state index in [4.69, 9.17) is 20.5 Å². The fraction of sp³-hybridized carbons (Fsp3) is 0.130. The third-order valence-electron chi connectivity index (χ3n) is 4.38. The van der Waals surface area contributed by atoms with Gasteiger partial charge in [-0.3, -0.25) is 4.79 Å². The van der Waals surface area contributed by atoms with Gasteiger partial charge in [-0.15, -0.1) is 0 Å². The van der Waals surface area contributed by atoms with Gasteiger partial charge in [0.25, 0.3) is 0 Å². The zero-order chi connectivity index (χ0) is 23.1. The van der Waals surface area contributed by atoms with Gasteiger partial charge in [0, 0.05) is 16.7 Å². The normalized spacial score (nSPS) is 11.3. The third-order valence-corrected chi connectivity index (χ3v) is 5.86. The Morgan fingerprint density at radius 1 is 1.09 bits per heavy atom. The van der Waals surface area contributed by atoms with Crippen LogP contribution in [-0.2, 0) is 21.3 Å². The Kier molecular flexibility index (Phi) is 7.50. The van der Waals surface area contributed by atoms with Crippen LogP contribution in [0.2, 0.25) is 5.02 Å². The molecule has 0 bridgehead atoms. The number of hydrazone groups is 1. The van der Waals surface area contributed by atoms with Crippen LogP contribution in [0.5, 0.6) is 11.5 Å². The van der Waals surface area contributed by atoms with E-state index in [0.717, 1.165) is 11.1 Å². The molecule has 9 heteroatoms. The maximum Gasteiger partial charge on any atom is 0.339 e. The van der Waals surface area contributed by atoms with Gasteiger partial charge in [-0.1, -0.05) is 41.4 Å². The largest absolute Gasteiger partial charge is 0.497 e. The molecule has 0 unspecified atom stereocenters. The van der Waals surface area contributed by atoms with Crippen LogP contribution < -0.4 is 14.3 Å². The van der Waals surface area contributed by atoms with Crippen LogP contribution in [0.1, 0.15) is 16.7 Å². The Bertz CT molecular complexity index is 1240. The van der Waals surface area contributed by atoms with E-state index in [1.807, 2.05) is 6.92 Å². The highest BCUT2D eigenvalue weighted by atomic mass is 35.5. The number of benzene rings is 3. The van der Waals surface area contributed by atoms with Gasteiger partial charge in [0.15, 0.2) is 5.75 Å². The van der Waals surface area contributed by atoms with Crippen LogP contribution in [0.4, 0.5) is 0 Å². The molecule has 0 spiro atoms. The van der Waals surface area contributed by atoms with E-state index in [2.05, 4.69) is 10.5 Å². The van der Waals surface area contributed by atoms with Crippen LogP contribution in [0, 0.1) is 6.92 Å². The lowest BCUT2D eigenvalue weighted by Gasteiger charge is -2.10. The number of aryl methyl sites for hydroxylation is 1. The van der Waals surface area contributed by atoms with Gasteiger partial charge in [0.2, 0.25) is 5.91 Å². The molecular weight excluding hydrogens is 452 g/mol. The number of carbonyl (C=O) groups excluding carboxylic acids is 1. The van der Waals surface area contributed by atoms with E-state index in [0.29, 0.717) is 16.3 Å². The average molecular weight is 473 g/mol. The minimum Gasteiger partial charge on any atom is -0.497 e. The Morgan fingerprint density at radius 3 is 2.56 bits per heavy atom. The number of amides is 1. The highest BCUT2D eigenvalue weighted by Gasteiger charge is 2.18. The summed E-state index contributed by atoms with van der Waals surface area (Å²) in [5.74, 6) is 0.290. The van der Waals surface area contributed by atoms with Gasteiger partial charge in [0.1, 0.15) is 10.6 Å². The number of carbonyl (C=O) groups is 1. The fourth-order valence-electron chi connectivity index (χ4n) is 2.74. The molecule has 3 aromatic rings. The summed E-state index contributed by atoms with van der Waals surface area (Å²) >= 11 is 6.01. The van der Waals surface area contributed by atoms with E-state index in [1.165, 1.54) is 24.4 Å². The second kappa shape index (κ2) is 10.3. The topological polar surface area (TPSA) is 94.1 Å². The van der Waals surface area contributed by atoms with Crippen LogP contribution in [-0.4, -0.2) is 27.6 Å². The number of nitrogens with one attached hydrogen (secondary N) is 1. The van der Waals surface area contributed by atoms with Gasteiger partial charge in [-0.2, -0.15) is 13.5 Å². The maximum atomic E-state index is 12.6. The smallest absolute Gasteiger partial charge is 0.339 e. The molecule has 1 N–H and O–H groups in total. The van der Waals surface area contributed by atoms with Crippen molar-refractivity contribution in [3.63, 3.8) is 0 Å². The lowest BCUT2D eigenvalue weighted by molar-refractivity contribution is -0.120. The summed E-state index contributed by atoms with van der Waals surface area (Å²) in [5.41, 5.74) is 4.42. The zero-order valence-corrected chi connectivity index (χ0v) is 19.0. The Balaban J connectivity index is 1.72. The predicted molar refractivity (Wildman–Crippen MR) is 123 cm³/mol. The Labute approximate surface area is 191 Å². The molecule has 0 fully saturated rings. The Morgan fingerprint density at radius 2 is 1.84 bits per heavy atom. The molecule has 1 amide bonds. The zero-order valence-electron chi connectivity index (χ0n) is 17.4. The van der Waals surface area contributed by atoms with Crippen molar-refractivity contribution in [2.75, 3.05) is 7.11 Å². The van der Waals surface area contributed by atoms with Crippen molar-refractivity contribution in [1.82, 2.24) is 5.43 Å². The van der Waals surface area contributed by atoms with Crippen molar-refractivity contribution in [2.45, 2.75) is 18.2 Å². The first kappa shape index (κ1) is 23.3. The molecule has 0 aliphatic carbocycles.